The zero-order valence-electron chi connectivity index (χ0n) is 22.4. The molecule has 10 heteroatoms. The predicted octanol–water partition coefficient (Wildman–Crippen LogP) is 10.3. The van der Waals surface area contributed by atoms with Gasteiger partial charge in [-0.2, -0.15) is 26.3 Å². The number of halogens is 6. The molecule has 0 fully saturated rings. The van der Waals surface area contributed by atoms with E-state index in [1.165, 1.54) is 23.9 Å². The van der Waals surface area contributed by atoms with Crippen LogP contribution in [0, 0.1) is 13.8 Å². The van der Waals surface area contributed by atoms with Crippen LogP contribution >= 0.6 is 24.4 Å². The Balaban J connectivity index is 0.000000225. The number of pyridine rings is 2. The highest BCUT2D eigenvalue weighted by Crippen LogP contribution is 2.43. The molecule has 40 heavy (non-hydrogen) atoms. The van der Waals surface area contributed by atoms with E-state index >= 15 is 0 Å². The minimum absolute atomic E-state index is 0.0722. The van der Waals surface area contributed by atoms with E-state index in [1.54, 1.807) is 61.8 Å². The van der Waals surface area contributed by atoms with Crippen molar-refractivity contribution in [1.29, 1.82) is 0 Å². The number of nitrogens with zero attached hydrogens (tertiary/aromatic N) is 2. The third kappa shape index (κ3) is 8.76. The molecule has 0 bridgehead atoms. The molecule has 2 aromatic heterocycles. The largest absolute Gasteiger partial charge is 0.417 e. The van der Waals surface area contributed by atoms with Crippen LogP contribution in [0.4, 0.5) is 26.3 Å². The van der Waals surface area contributed by atoms with Crippen molar-refractivity contribution in [3.63, 3.8) is 0 Å². The molecule has 2 aromatic carbocycles. The number of benzene rings is 2. The van der Waals surface area contributed by atoms with Crippen molar-refractivity contribution < 1.29 is 26.3 Å². The Morgan fingerprint density at radius 2 is 1.02 bits per heavy atom. The van der Waals surface area contributed by atoms with Crippen molar-refractivity contribution in [2.75, 3.05) is 0 Å². The van der Waals surface area contributed by atoms with Gasteiger partial charge in [-0.1, -0.05) is 32.9 Å². The predicted molar refractivity (Wildman–Crippen MR) is 152 cm³/mol. The molecule has 0 atom stereocenters. The molecule has 0 radical (unpaired) electrons. The fraction of sp³-hybridized carbons (Fsp3) is 0.267. The summed E-state index contributed by atoms with van der Waals surface area (Å²) < 4.78 is 78.1. The Kier molecular flexibility index (Phi) is 9.67. The summed E-state index contributed by atoms with van der Waals surface area (Å²) in [5.74, 6) is 0. The van der Waals surface area contributed by atoms with Gasteiger partial charge >= 0.3 is 12.4 Å². The van der Waals surface area contributed by atoms with Crippen LogP contribution in [0.3, 0.4) is 0 Å². The monoisotopic (exact) mass is 594 g/mol. The first-order valence-corrected chi connectivity index (χ1v) is 13.4. The van der Waals surface area contributed by atoms with Crippen LogP contribution in [0.25, 0.3) is 22.3 Å². The summed E-state index contributed by atoms with van der Waals surface area (Å²) in [6.45, 7) is 9.31. The van der Waals surface area contributed by atoms with Gasteiger partial charge in [-0.15, -0.1) is 24.4 Å². The van der Waals surface area contributed by atoms with Crippen molar-refractivity contribution >= 4 is 24.4 Å². The Bertz CT molecular complexity index is 1470. The fourth-order valence-electron chi connectivity index (χ4n) is 3.74. The second kappa shape index (κ2) is 12.3. The van der Waals surface area contributed by atoms with Crippen LogP contribution in [0.2, 0.25) is 0 Å². The lowest BCUT2D eigenvalue weighted by atomic mass is 10.0. The summed E-state index contributed by atoms with van der Waals surface area (Å²) >= 11 is 5.07. The maximum absolute atomic E-state index is 13.4. The maximum Gasteiger partial charge on any atom is 0.417 e. The van der Waals surface area contributed by atoms with Crippen molar-refractivity contribution in [3.05, 3.63) is 95.6 Å². The number of aromatic nitrogens is 2. The Morgan fingerprint density at radius 3 is 1.45 bits per heavy atom. The molecule has 0 aliphatic heterocycles. The van der Waals surface area contributed by atoms with Gasteiger partial charge in [0.15, 0.2) is 0 Å². The van der Waals surface area contributed by atoms with E-state index in [0.717, 1.165) is 23.0 Å². The third-order valence-electron chi connectivity index (χ3n) is 5.46. The molecule has 2 nitrogen and oxygen atoms in total. The molecular formula is C30H28F6N2S2. The third-order valence-corrected chi connectivity index (χ3v) is 7.04. The lowest BCUT2D eigenvalue weighted by Crippen LogP contribution is -2.12. The van der Waals surface area contributed by atoms with Crippen molar-refractivity contribution in [2.45, 2.75) is 61.5 Å². The molecule has 0 saturated heterocycles. The molecule has 2 heterocycles. The van der Waals surface area contributed by atoms with Crippen LogP contribution in [0.5, 0.6) is 0 Å². The molecule has 4 aromatic rings. The van der Waals surface area contributed by atoms with Gasteiger partial charge in [-0.3, -0.25) is 9.97 Å². The summed E-state index contributed by atoms with van der Waals surface area (Å²) in [6.07, 6.45) is -5.58. The van der Waals surface area contributed by atoms with Crippen LogP contribution in [0.15, 0.2) is 82.8 Å². The van der Waals surface area contributed by atoms with Crippen LogP contribution in [-0.4, -0.2) is 14.7 Å². The normalized spacial score (nSPS) is 12.1. The van der Waals surface area contributed by atoms with E-state index in [2.05, 4.69) is 22.6 Å². The first-order valence-electron chi connectivity index (χ1n) is 12.1. The van der Waals surface area contributed by atoms with Gasteiger partial charge in [0.2, 0.25) is 0 Å². The molecule has 0 amide bonds. The number of thiol groups is 1. The molecule has 0 aliphatic rings. The molecule has 212 valence electrons. The minimum Gasteiger partial charge on any atom is -0.262 e. The molecule has 0 spiro atoms. The Labute approximate surface area is 239 Å². The van der Waals surface area contributed by atoms with E-state index in [4.69, 9.17) is 0 Å². The summed E-state index contributed by atoms with van der Waals surface area (Å²) in [6, 6.07) is 15.5. The number of alkyl halides is 6. The summed E-state index contributed by atoms with van der Waals surface area (Å²) in [5, 5.41) is 0. The van der Waals surface area contributed by atoms with Gasteiger partial charge in [0.1, 0.15) is 0 Å². The number of hydrogen-bond acceptors (Lipinski definition) is 4. The summed E-state index contributed by atoms with van der Waals surface area (Å²) in [4.78, 5) is 8.28. The van der Waals surface area contributed by atoms with Crippen molar-refractivity contribution in [3.8, 4) is 22.3 Å². The van der Waals surface area contributed by atoms with Crippen LogP contribution < -0.4 is 0 Å². The molecule has 4 rings (SSSR count). The van der Waals surface area contributed by atoms with Crippen molar-refractivity contribution in [2.24, 2.45) is 0 Å². The lowest BCUT2D eigenvalue weighted by Gasteiger charge is -2.21. The second-order valence-corrected chi connectivity index (χ2v) is 12.4. The van der Waals surface area contributed by atoms with E-state index in [0.29, 0.717) is 16.7 Å². The summed E-state index contributed by atoms with van der Waals surface area (Å²) in [7, 11) is 0. The number of rotatable bonds is 3. The first-order chi connectivity index (χ1) is 18.4. The smallest absolute Gasteiger partial charge is 0.262 e. The van der Waals surface area contributed by atoms with Gasteiger partial charge in [-0.05, 0) is 84.6 Å². The zero-order chi connectivity index (χ0) is 29.9. The standard InChI is InChI=1S/C17H18F3NS.C13H10F3NS/c1-11-9-13(7-8-21-11)12-5-6-15(22-16(2,3)4)14(10-12)17(18,19)20;1-8-6-10(4-5-17-8)9-2-3-12(18)11(7-9)13(14,15)16/h5-10H,1-4H3;2-7,18H,1H3. The molecule has 0 unspecified atom stereocenters. The zero-order valence-corrected chi connectivity index (χ0v) is 24.2. The highest BCUT2D eigenvalue weighted by Gasteiger charge is 2.35. The van der Waals surface area contributed by atoms with E-state index < -0.39 is 23.5 Å². The van der Waals surface area contributed by atoms with Gasteiger partial charge in [0.05, 0.1) is 11.1 Å². The Morgan fingerprint density at radius 1 is 0.600 bits per heavy atom. The van der Waals surface area contributed by atoms with E-state index in [9.17, 15) is 26.3 Å². The summed E-state index contributed by atoms with van der Waals surface area (Å²) in [5.41, 5.74) is 2.74. The number of thioether (sulfide) groups is 1. The van der Waals surface area contributed by atoms with Gasteiger partial charge < -0.3 is 0 Å². The Hall–Kier alpha value is -2.98. The van der Waals surface area contributed by atoms with E-state index in [1.807, 2.05) is 27.7 Å². The minimum atomic E-state index is -4.39. The van der Waals surface area contributed by atoms with E-state index in [-0.39, 0.29) is 14.5 Å². The van der Waals surface area contributed by atoms with Gasteiger partial charge in [0, 0.05) is 38.3 Å². The maximum atomic E-state index is 13.4. The second-order valence-electron chi connectivity index (χ2n) is 10.0. The first kappa shape index (κ1) is 31.5. The van der Waals surface area contributed by atoms with Crippen LogP contribution in [-0.2, 0) is 12.4 Å². The van der Waals surface area contributed by atoms with Crippen molar-refractivity contribution in [1.82, 2.24) is 9.97 Å². The fourth-order valence-corrected chi connectivity index (χ4v) is 5.09. The molecule has 0 saturated carbocycles. The highest BCUT2D eigenvalue weighted by atomic mass is 32.2. The van der Waals surface area contributed by atoms with Gasteiger partial charge in [0.25, 0.3) is 0 Å². The topological polar surface area (TPSA) is 25.8 Å². The number of hydrogen-bond donors (Lipinski definition) is 1. The van der Waals surface area contributed by atoms with Crippen LogP contribution in [0.1, 0.15) is 43.3 Å². The molecule has 0 aliphatic carbocycles. The quantitative estimate of drug-likeness (QED) is 0.145. The average molecular weight is 595 g/mol. The molecule has 0 N–H and O–H groups in total. The average Bonchev–Trinajstić information content (AvgIpc) is 2.82. The highest BCUT2D eigenvalue weighted by molar-refractivity contribution is 8.00. The lowest BCUT2D eigenvalue weighted by molar-refractivity contribution is -0.140. The number of aryl methyl sites for hydroxylation is 2. The molecular weight excluding hydrogens is 566 g/mol. The van der Waals surface area contributed by atoms with Gasteiger partial charge in [-0.25, -0.2) is 0 Å². The SMILES string of the molecule is Cc1cc(-c2ccc(S)c(C(F)(F)F)c2)ccn1.Cc1cc(-c2ccc(SC(C)(C)C)c(C(F)(F)F)c2)ccn1.